The van der Waals surface area contributed by atoms with Gasteiger partial charge >= 0.3 is 0 Å². The number of nitrogens with zero attached hydrogens (tertiary/aromatic N) is 3. The molecule has 1 saturated heterocycles. The van der Waals surface area contributed by atoms with Crippen LogP contribution < -0.4 is 19.7 Å². The number of sulfonamides is 1. The molecule has 0 bridgehead atoms. The molecule has 0 radical (unpaired) electrons. The molecule has 1 aliphatic heterocycles. The molecule has 1 fully saturated rings. The van der Waals surface area contributed by atoms with Gasteiger partial charge in [0.25, 0.3) is 0 Å². The number of carbonyl (C=O) groups is 1. The fourth-order valence-corrected chi connectivity index (χ4v) is 5.07. The normalized spacial score (nSPS) is 14.8. The first-order chi connectivity index (χ1) is 15.4. The first-order valence-electron chi connectivity index (χ1n) is 10.5. The number of rotatable bonds is 10. The molecule has 0 atom stereocenters. The second-order valence-corrected chi connectivity index (χ2v) is 9.55. The Kier molecular flexibility index (Phi) is 8.29. The van der Waals surface area contributed by atoms with Gasteiger partial charge in [0, 0.05) is 38.9 Å². The van der Waals surface area contributed by atoms with E-state index in [-0.39, 0.29) is 18.1 Å². The van der Waals surface area contributed by atoms with Crippen LogP contribution in [0.1, 0.15) is 12.0 Å². The molecule has 1 aromatic carbocycles. The Labute approximate surface area is 189 Å². The van der Waals surface area contributed by atoms with Crippen LogP contribution in [0.4, 0.5) is 5.82 Å². The molecular formula is C22H30N4O5S. The number of amides is 1. The third kappa shape index (κ3) is 6.33. The number of pyridine rings is 1. The zero-order valence-corrected chi connectivity index (χ0v) is 19.3. The summed E-state index contributed by atoms with van der Waals surface area (Å²) in [5.41, 5.74) is 0.790. The van der Waals surface area contributed by atoms with E-state index in [0.29, 0.717) is 50.6 Å². The van der Waals surface area contributed by atoms with Crippen molar-refractivity contribution in [1.29, 1.82) is 0 Å². The second kappa shape index (κ2) is 11.1. The average Bonchev–Trinajstić information content (AvgIpc) is 2.82. The number of hydrogen-bond acceptors (Lipinski definition) is 7. The number of piperazine rings is 1. The molecule has 10 heteroatoms. The van der Waals surface area contributed by atoms with Gasteiger partial charge < -0.3 is 19.7 Å². The van der Waals surface area contributed by atoms with Gasteiger partial charge in [0.1, 0.15) is 5.82 Å². The van der Waals surface area contributed by atoms with E-state index in [9.17, 15) is 13.2 Å². The van der Waals surface area contributed by atoms with Crippen molar-refractivity contribution in [3.05, 3.63) is 48.2 Å². The monoisotopic (exact) mass is 462 g/mol. The largest absolute Gasteiger partial charge is 0.493 e. The summed E-state index contributed by atoms with van der Waals surface area (Å²) < 4.78 is 37.3. The van der Waals surface area contributed by atoms with E-state index in [0.717, 1.165) is 11.4 Å². The van der Waals surface area contributed by atoms with Crippen LogP contribution in [0, 0.1) is 0 Å². The third-order valence-electron chi connectivity index (χ3n) is 5.32. The Morgan fingerprint density at radius 2 is 1.81 bits per heavy atom. The topological polar surface area (TPSA) is 101 Å². The molecule has 3 rings (SSSR count). The summed E-state index contributed by atoms with van der Waals surface area (Å²) in [5, 5.41) is 2.79. The number of hydrogen-bond donors (Lipinski definition) is 1. The van der Waals surface area contributed by atoms with Crippen LogP contribution in [-0.4, -0.2) is 76.3 Å². The van der Waals surface area contributed by atoms with Crippen LogP contribution in [0.3, 0.4) is 0 Å². The summed E-state index contributed by atoms with van der Waals surface area (Å²) in [7, 11) is -0.261. The molecular weight excluding hydrogens is 432 g/mol. The lowest BCUT2D eigenvalue weighted by Gasteiger charge is -2.34. The quantitative estimate of drug-likeness (QED) is 0.531. The number of ether oxygens (including phenoxy) is 2. The second-order valence-electron chi connectivity index (χ2n) is 7.46. The van der Waals surface area contributed by atoms with Crippen LogP contribution in [0.15, 0.2) is 42.6 Å². The van der Waals surface area contributed by atoms with Crippen molar-refractivity contribution < 1.29 is 22.7 Å². The van der Waals surface area contributed by atoms with Crippen molar-refractivity contribution in [2.45, 2.75) is 12.8 Å². The molecule has 32 heavy (non-hydrogen) atoms. The summed E-state index contributed by atoms with van der Waals surface area (Å²) in [6.07, 6.45) is 2.28. The van der Waals surface area contributed by atoms with Gasteiger partial charge in [0.15, 0.2) is 11.5 Å². The third-order valence-corrected chi connectivity index (χ3v) is 7.28. The zero-order valence-electron chi connectivity index (χ0n) is 18.5. The molecule has 0 unspecified atom stereocenters. The van der Waals surface area contributed by atoms with Gasteiger partial charge in [-0.2, -0.15) is 4.31 Å². The first-order valence-corrected chi connectivity index (χ1v) is 12.2. The maximum absolute atomic E-state index is 12.6. The molecule has 174 valence electrons. The predicted molar refractivity (Wildman–Crippen MR) is 123 cm³/mol. The van der Waals surface area contributed by atoms with E-state index in [1.165, 1.54) is 4.31 Å². The Bertz CT molecular complexity index is 993. The minimum Gasteiger partial charge on any atom is -0.493 e. The highest BCUT2D eigenvalue weighted by Gasteiger charge is 2.27. The minimum atomic E-state index is -3.36. The molecule has 1 aliphatic rings. The highest BCUT2D eigenvalue weighted by molar-refractivity contribution is 7.89. The Morgan fingerprint density at radius 1 is 1.06 bits per heavy atom. The van der Waals surface area contributed by atoms with Crippen molar-refractivity contribution in [3.63, 3.8) is 0 Å². The van der Waals surface area contributed by atoms with Gasteiger partial charge in [0.2, 0.25) is 15.9 Å². The van der Waals surface area contributed by atoms with Crippen LogP contribution in [0.2, 0.25) is 0 Å². The maximum atomic E-state index is 12.6. The maximum Gasteiger partial charge on any atom is 0.224 e. The van der Waals surface area contributed by atoms with Crippen molar-refractivity contribution in [1.82, 2.24) is 14.6 Å². The van der Waals surface area contributed by atoms with Gasteiger partial charge in [-0.15, -0.1) is 0 Å². The summed E-state index contributed by atoms with van der Waals surface area (Å²) in [6.45, 7) is 2.39. The Hall–Kier alpha value is -2.85. The first kappa shape index (κ1) is 23.8. The van der Waals surface area contributed by atoms with Gasteiger partial charge in [-0.3, -0.25) is 4.79 Å². The van der Waals surface area contributed by atoms with E-state index in [1.54, 1.807) is 38.6 Å². The summed E-state index contributed by atoms with van der Waals surface area (Å²) in [4.78, 5) is 18.6. The summed E-state index contributed by atoms with van der Waals surface area (Å²) in [6, 6.07) is 11.0. The predicted octanol–water partition coefficient (Wildman–Crippen LogP) is 1.30. The molecule has 2 aromatic rings. The molecule has 0 spiro atoms. The van der Waals surface area contributed by atoms with Crippen molar-refractivity contribution in [3.8, 4) is 11.5 Å². The van der Waals surface area contributed by atoms with Crippen molar-refractivity contribution in [2.75, 3.05) is 57.6 Å². The number of benzene rings is 1. The number of aromatic nitrogens is 1. The number of anilines is 1. The fraction of sp³-hybridized carbons (Fsp3) is 0.455. The number of nitrogens with one attached hydrogen (secondary N) is 1. The van der Waals surface area contributed by atoms with Gasteiger partial charge in [-0.1, -0.05) is 12.1 Å². The summed E-state index contributed by atoms with van der Waals surface area (Å²) in [5.74, 6) is 1.86. The number of methoxy groups -OCH3 is 2. The highest BCUT2D eigenvalue weighted by atomic mass is 32.2. The molecule has 9 nitrogen and oxygen atoms in total. The molecule has 2 heterocycles. The summed E-state index contributed by atoms with van der Waals surface area (Å²) >= 11 is 0. The van der Waals surface area contributed by atoms with Gasteiger partial charge in [0.05, 0.1) is 26.4 Å². The van der Waals surface area contributed by atoms with Crippen molar-refractivity contribution >= 4 is 21.7 Å². The lowest BCUT2D eigenvalue weighted by atomic mass is 10.1. The molecule has 1 amide bonds. The van der Waals surface area contributed by atoms with E-state index in [1.807, 2.05) is 18.2 Å². The van der Waals surface area contributed by atoms with Gasteiger partial charge in [-0.05, 0) is 36.2 Å². The SMILES string of the molecule is COc1ccc(CC(=O)NCCCS(=O)(=O)N2CCN(c3ccccn3)CC2)cc1OC. The lowest BCUT2D eigenvalue weighted by Crippen LogP contribution is -2.49. The van der Waals surface area contributed by atoms with Gasteiger partial charge in [-0.25, -0.2) is 13.4 Å². The number of carbonyl (C=O) groups excluding carboxylic acids is 1. The van der Waals surface area contributed by atoms with E-state index in [4.69, 9.17) is 9.47 Å². The van der Waals surface area contributed by atoms with E-state index >= 15 is 0 Å². The average molecular weight is 463 g/mol. The molecule has 0 aliphatic carbocycles. The van der Waals surface area contributed by atoms with Crippen LogP contribution in [-0.2, 0) is 21.2 Å². The minimum absolute atomic E-state index is 0.00717. The van der Waals surface area contributed by atoms with Crippen LogP contribution in [0.25, 0.3) is 0 Å². The smallest absolute Gasteiger partial charge is 0.224 e. The molecule has 1 aromatic heterocycles. The van der Waals surface area contributed by atoms with Crippen LogP contribution in [0.5, 0.6) is 11.5 Å². The van der Waals surface area contributed by atoms with Crippen molar-refractivity contribution in [2.24, 2.45) is 0 Å². The highest BCUT2D eigenvalue weighted by Crippen LogP contribution is 2.27. The molecule has 1 N–H and O–H groups in total. The standard InChI is InChI=1S/C22H30N4O5S/c1-30-19-8-7-18(16-20(19)31-2)17-22(27)24-10-5-15-32(28,29)26-13-11-25(12-14-26)21-6-3-4-9-23-21/h3-4,6-9,16H,5,10-15,17H2,1-2H3,(H,24,27). The van der Waals surface area contributed by atoms with E-state index in [2.05, 4.69) is 15.2 Å². The van der Waals surface area contributed by atoms with E-state index < -0.39 is 10.0 Å². The van der Waals surface area contributed by atoms with Crippen LogP contribution >= 0.6 is 0 Å². The molecule has 0 saturated carbocycles. The Balaban J connectivity index is 1.40. The Morgan fingerprint density at radius 3 is 2.47 bits per heavy atom. The fourth-order valence-electron chi connectivity index (χ4n) is 3.59. The lowest BCUT2D eigenvalue weighted by molar-refractivity contribution is -0.120. The zero-order chi connectivity index (χ0) is 23.0.